The summed E-state index contributed by atoms with van der Waals surface area (Å²) in [5.74, 6) is -0.214. The van der Waals surface area contributed by atoms with Crippen LogP contribution in [0.15, 0.2) is 35.0 Å². The lowest BCUT2D eigenvalue weighted by atomic mass is 10.1. The summed E-state index contributed by atoms with van der Waals surface area (Å²) in [6.45, 7) is 4.72. The molecule has 1 N–H and O–H groups in total. The number of aryl methyl sites for hydroxylation is 2. The van der Waals surface area contributed by atoms with Crippen molar-refractivity contribution in [3.8, 4) is 0 Å². The molecular weight excluding hydrogens is 296 g/mol. The number of amides is 2. The van der Waals surface area contributed by atoms with Gasteiger partial charge in [-0.3, -0.25) is 9.59 Å². The maximum atomic E-state index is 12.5. The van der Waals surface area contributed by atoms with Crippen molar-refractivity contribution in [2.24, 2.45) is 0 Å². The molecule has 2 heterocycles. The highest BCUT2D eigenvalue weighted by Gasteiger charge is 2.33. The molecule has 1 aliphatic rings. The fourth-order valence-corrected chi connectivity index (χ4v) is 3.23. The van der Waals surface area contributed by atoms with Gasteiger partial charge in [-0.1, -0.05) is 6.07 Å². The Labute approximate surface area is 133 Å². The summed E-state index contributed by atoms with van der Waals surface area (Å²) in [5, 5.41) is 6.47. The minimum Gasteiger partial charge on any atom is -0.340 e. The number of nitrogens with one attached hydrogen (secondary N) is 1. The van der Waals surface area contributed by atoms with Gasteiger partial charge in [-0.2, -0.15) is 11.3 Å². The van der Waals surface area contributed by atoms with Gasteiger partial charge in [0.05, 0.1) is 5.56 Å². The summed E-state index contributed by atoms with van der Waals surface area (Å²) in [6.07, 6.45) is 0.641. The van der Waals surface area contributed by atoms with E-state index in [-0.39, 0.29) is 11.8 Å². The van der Waals surface area contributed by atoms with E-state index in [9.17, 15) is 9.59 Å². The van der Waals surface area contributed by atoms with Crippen LogP contribution in [0.5, 0.6) is 0 Å². The molecule has 1 aromatic carbocycles. The molecule has 2 aromatic rings. The molecular formula is C17H18N2O2S. The maximum absolute atomic E-state index is 12.5. The standard InChI is InChI=1S/C17H18N2O2S/c1-11-3-4-14(9-12(11)2)19-7-5-15(17(19)21)18-16(20)13-6-8-22-10-13/h3-4,6,8-10,15H,5,7H2,1-2H3,(H,18,20)/t15-/m0/s1. The third-order valence-electron chi connectivity index (χ3n) is 4.10. The van der Waals surface area contributed by atoms with E-state index in [1.54, 1.807) is 16.3 Å². The molecule has 1 atom stereocenters. The average molecular weight is 314 g/mol. The molecule has 1 fully saturated rings. The van der Waals surface area contributed by atoms with E-state index in [1.165, 1.54) is 16.9 Å². The van der Waals surface area contributed by atoms with E-state index in [0.29, 0.717) is 18.5 Å². The number of thiophene rings is 1. The van der Waals surface area contributed by atoms with Crippen LogP contribution in [0.1, 0.15) is 27.9 Å². The van der Waals surface area contributed by atoms with Crippen LogP contribution in [0.2, 0.25) is 0 Å². The zero-order valence-corrected chi connectivity index (χ0v) is 13.4. The van der Waals surface area contributed by atoms with Crippen LogP contribution in [0.4, 0.5) is 5.69 Å². The predicted octanol–water partition coefficient (Wildman–Crippen LogP) is 2.90. The van der Waals surface area contributed by atoms with Crippen LogP contribution >= 0.6 is 11.3 Å². The second-order valence-corrected chi connectivity index (χ2v) is 6.37. The highest BCUT2D eigenvalue weighted by molar-refractivity contribution is 7.08. The summed E-state index contributed by atoms with van der Waals surface area (Å²) < 4.78 is 0. The summed E-state index contributed by atoms with van der Waals surface area (Å²) >= 11 is 1.47. The van der Waals surface area contributed by atoms with Crippen LogP contribution in [-0.2, 0) is 4.79 Å². The minimum absolute atomic E-state index is 0.0353. The average Bonchev–Trinajstić information content (AvgIpc) is 3.13. The number of hydrogen-bond acceptors (Lipinski definition) is 3. The van der Waals surface area contributed by atoms with Crippen LogP contribution in [0.3, 0.4) is 0 Å². The Morgan fingerprint density at radius 1 is 1.27 bits per heavy atom. The highest BCUT2D eigenvalue weighted by Crippen LogP contribution is 2.24. The topological polar surface area (TPSA) is 49.4 Å². The lowest BCUT2D eigenvalue weighted by Gasteiger charge is -2.18. The molecule has 1 aliphatic heterocycles. The normalized spacial score (nSPS) is 17.8. The number of rotatable bonds is 3. The van der Waals surface area contributed by atoms with Crippen LogP contribution in [0, 0.1) is 13.8 Å². The minimum atomic E-state index is -0.436. The van der Waals surface area contributed by atoms with E-state index in [0.717, 1.165) is 11.3 Å². The Hall–Kier alpha value is -2.14. The fourth-order valence-electron chi connectivity index (χ4n) is 2.60. The summed E-state index contributed by atoms with van der Waals surface area (Å²) in [7, 11) is 0. The van der Waals surface area contributed by atoms with Crippen molar-refractivity contribution in [3.05, 3.63) is 51.7 Å². The summed E-state index contributed by atoms with van der Waals surface area (Å²) in [6, 6.07) is 7.34. The van der Waals surface area contributed by atoms with Gasteiger partial charge in [0, 0.05) is 17.6 Å². The van der Waals surface area contributed by atoms with Crippen molar-refractivity contribution < 1.29 is 9.59 Å². The van der Waals surface area contributed by atoms with Gasteiger partial charge in [0.15, 0.2) is 0 Å². The Kier molecular flexibility index (Phi) is 3.98. The van der Waals surface area contributed by atoms with Gasteiger partial charge >= 0.3 is 0 Å². The molecule has 0 spiro atoms. The number of nitrogens with zero attached hydrogens (tertiary/aromatic N) is 1. The van der Waals surface area contributed by atoms with E-state index < -0.39 is 6.04 Å². The number of benzene rings is 1. The molecule has 1 saturated heterocycles. The first kappa shape index (κ1) is 14.8. The lowest BCUT2D eigenvalue weighted by molar-refractivity contribution is -0.118. The zero-order chi connectivity index (χ0) is 15.7. The molecule has 4 nitrogen and oxygen atoms in total. The first-order valence-electron chi connectivity index (χ1n) is 7.28. The van der Waals surface area contributed by atoms with E-state index in [2.05, 4.69) is 12.2 Å². The quantitative estimate of drug-likeness (QED) is 0.947. The van der Waals surface area contributed by atoms with Crippen molar-refractivity contribution in [2.75, 3.05) is 11.4 Å². The van der Waals surface area contributed by atoms with Gasteiger partial charge in [-0.15, -0.1) is 0 Å². The van der Waals surface area contributed by atoms with Crippen LogP contribution in [0.25, 0.3) is 0 Å². The molecule has 1 aromatic heterocycles. The Balaban J connectivity index is 1.72. The maximum Gasteiger partial charge on any atom is 0.252 e. The first-order chi connectivity index (χ1) is 10.6. The number of anilines is 1. The van der Waals surface area contributed by atoms with Crippen molar-refractivity contribution in [1.29, 1.82) is 0 Å². The molecule has 22 heavy (non-hydrogen) atoms. The second kappa shape index (κ2) is 5.93. The van der Waals surface area contributed by atoms with Gasteiger partial charge < -0.3 is 10.2 Å². The number of hydrogen-bond donors (Lipinski definition) is 1. The molecule has 0 radical (unpaired) electrons. The molecule has 5 heteroatoms. The lowest BCUT2D eigenvalue weighted by Crippen LogP contribution is -2.41. The Morgan fingerprint density at radius 2 is 2.09 bits per heavy atom. The first-order valence-corrected chi connectivity index (χ1v) is 8.22. The Bertz CT molecular complexity index is 709. The van der Waals surface area contributed by atoms with Gasteiger partial charge in [0.1, 0.15) is 6.04 Å². The molecule has 0 bridgehead atoms. The van der Waals surface area contributed by atoms with Crippen molar-refractivity contribution in [1.82, 2.24) is 5.32 Å². The van der Waals surface area contributed by atoms with Crippen molar-refractivity contribution in [2.45, 2.75) is 26.3 Å². The molecule has 114 valence electrons. The number of carbonyl (C=O) groups excluding carboxylic acids is 2. The predicted molar refractivity (Wildman–Crippen MR) is 88.5 cm³/mol. The molecule has 0 aliphatic carbocycles. The largest absolute Gasteiger partial charge is 0.340 e. The van der Waals surface area contributed by atoms with E-state index in [4.69, 9.17) is 0 Å². The third-order valence-corrected chi connectivity index (χ3v) is 4.78. The summed E-state index contributed by atoms with van der Waals surface area (Å²) in [4.78, 5) is 26.4. The van der Waals surface area contributed by atoms with Crippen LogP contribution in [-0.4, -0.2) is 24.4 Å². The van der Waals surface area contributed by atoms with Gasteiger partial charge in [-0.25, -0.2) is 0 Å². The molecule has 0 unspecified atom stereocenters. The smallest absolute Gasteiger partial charge is 0.252 e. The molecule has 2 amide bonds. The zero-order valence-electron chi connectivity index (χ0n) is 12.6. The third kappa shape index (κ3) is 2.76. The molecule has 3 rings (SSSR count). The van der Waals surface area contributed by atoms with Crippen molar-refractivity contribution >= 4 is 28.8 Å². The van der Waals surface area contributed by atoms with Gasteiger partial charge in [-0.05, 0) is 55.0 Å². The molecule has 0 saturated carbocycles. The van der Waals surface area contributed by atoms with E-state index >= 15 is 0 Å². The van der Waals surface area contributed by atoms with Crippen LogP contribution < -0.4 is 10.2 Å². The Morgan fingerprint density at radius 3 is 2.77 bits per heavy atom. The van der Waals surface area contributed by atoms with Gasteiger partial charge in [0.2, 0.25) is 5.91 Å². The van der Waals surface area contributed by atoms with Gasteiger partial charge in [0.25, 0.3) is 5.91 Å². The fraction of sp³-hybridized carbons (Fsp3) is 0.294. The van der Waals surface area contributed by atoms with E-state index in [1.807, 2.05) is 30.5 Å². The number of carbonyl (C=O) groups is 2. The highest BCUT2D eigenvalue weighted by atomic mass is 32.1. The second-order valence-electron chi connectivity index (χ2n) is 5.59. The van der Waals surface area contributed by atoms with Crippen molar-refractivity contribution in [3.63, 3.8) is 0 Å². The SMILES string of the molecule is Cc1ccc(N2CC[C@H](NC(=O)c3ccsc3)C2=O)cc1C. The summed E-state index contributed by atoms with van der Waals surface area (Å²) in [5.41, 5.74) is 3.89. The monoisotopic (exact) mass is 314 g/mol.